The van der Waals surface area contributed by atoms with E-state index in [2.05, 4.69) is 264 Å². The van der Waals surface area contributed by atoms with Crippen LogP contribution in [0, 0.1) is 0 Å². The van der Waals surface area contributed by atoms with Crippen molar-refractivity contribution in [2.45, 2.75) is 0 Å². The average molecular weight is 1420 g/mol. The Hall–Kier alpha value is -13.3. The fraction of sp³-hybridized carbons (Fsp3) is 0. The van der Waals surface area contributed by atoms with E-state index in [1.54, 1.807) is 0 Å². The lowest BCUT2D eigenvalue weighted by atomic mass is 9.89. The van der Waals surface area contributed by atoms with Gasteiger partial charge >= 0.3 is 0 Å². The summed E-state index contributed by atoms with van der Waals surface area (Å²) < 4.78 is 35.2. The molecule has 0 fully saturated rings. The lowest BCUT2D eigenvalue weighted by Gasteiger charge is -2.23. The van der Waals surface area contributed by atoms with Gasteiger partial charge < -0.3 is 9.13 Å². The number of pyridine rings is 2. The molecule has 0 aliphatic heterocycles. The van der Waals surface area contributed by atoms with Crippen molar-refractivity contribution >= 4 is 166 Å². The summed E-state index contributed by atoms with van der Waals surface area (Å²) in [5.74, 6) is 0. The molecule has 0 saturated carbocycles. The molecule has 0 aliphatic carbocycles. The first-order valence-electron chi connectivity index (χ1n) is 36.6. The molecule has 0 radical (unpaired) electrons. The van der Waals surface area contributed by atoms with Crippen molar-refractivity contribution in [3.05, 3.63) is 388 Å². The number of nitrogens with zero attached hydrogens (tertiary/aromatic N) is 4. The van der Waals surface area contributed by atoms with Crippen molar-refractivity contribution in [1.29, 1.82) is 0 Å². The molecule has 0 unspecified atom stereocenters. The maximum atomic E-state index is 15.6. The van der Waals surface area contributed by atoms with Crippen LogP contribution in [-0.2, 0) is 9.13 Å². The fourth-order valence-electron chi connectivity index (χ4n) is 17.0. The van der Waals surface area contributed by atoms with Gasteiger partial charge in [0.15, 0.2) is 14.3 Å². The number of hydrogen-bond donors (Lipinski definition) is 0. The first-order valence-corrected chi connectivity index (χ1v) is 40.0. The van der Waals surface area contributed by atoms with E-state index in [0.717, 1.165) is 147 Å². The summed E-state index contributed by atoms with van der Waals surface area (Å²) in [4.78, 5) is 10.2. The Morgan fingerprint density at radius 2 is 0.593 bits per heavy atom. The second kappa shape index (κ2) is 25.2. The Morgan fingerprint density at radius 3 is 1.15 bits per heavy atom. The van der Waals surface area contributed by atoms with E-state index in [4.69, 9.17) is 9.97 Å². The van der Waals surface area contributed by atoms with E-state index in [1.807, 2.05) is 133 Å². The van der Waals surface area contributed by atoms with Gasteiger partial charge in [-0.2, -0.15) is 0 Å². The molecular formula is C100H64N4O2P2. The largest absolute Gasteiger partial charge is 0.309 e. The van der Waals surface area contributed by atoms with Gasteiger partial charge in [-0.1, -0.05) is 303 Å². The first kappa shape index (κ1) is 63.2. The van der Waals surface area contributed by atoms with Crippen molar-refractivity contribution in [1.82, 2.24) is 18.8 Å². The maximum absolute atomic E-state index is 15.6. The second-order valence-electron chi connectivity index (χ2n) is 28.2. The normalized spacial score (nSPS) is 12.1. The van der Waals surface area contributed by atoms with E-state index >= 15 is 4.57 Å². The maximum Gasteiger partial charge on any atom is 0.171 e. The Balaban J connectivity index is 0.000000139. The van der Waals surface area contributed by atoms with Crippen molar-refractivity contribution < 1.29 is 9.13 Å². The standard InChI is InChI=1S/C53H33N2OP.C47H31N2OP/c56-57(39-11-3-1-4-12-39,40-13-5-2-6-14-40)50-32-27-37-24-29-43-41(28-23-36-25-31-45(50)52(37)51(36)43)35-21-19-34(20-22-35)38-26-30-44-46(33-38)42-15-7-9-17-48(42)55-49-18-10-8-16-47(49)54-53(44)55;50-51(38-14-3-1-4-15-38,39-16-5-2-6-17-39)40-26-24-35-29-34(22-23-36(35)30-40)32-12-11-13-33(28-32)37-25-27-42-43(31-37)41-18-7-9-20-45(41)49-46-21-10-8-19-44(46)48-47(42)49/h1-33H;1-31H. The molecule has 0 N–H and O–H groups in total. The van der Waals surface area contributed by atoms with E-state index < -0.39 is 14.3 Å². The molecule has 0 spiro atoms. The number of imidazole rings is 2. The predicted octanol–water partition coefficient (Wildman–Crippen LogP) is 23.6. The molecule has 6 nitrogen and oxygen atoms in total. The van der Waals surface area contributed by atoms with E-state index in [1.165, 1.54) is 48.8 Å². The molecule has 0 amide bonds. The van der Waals surface area contributed by atoms with Gasteiger partial charge in [0.05, 0.1) is 33.1 Å². The highest BCUT2D eigenvalue weighted by molar-refractivity contribution is 7.86. The summed E-state index contributed by atoms with van der Waals surface area (Å²) in [7, 11) is -6.24. The molecule has 22 rings (SSSR count). The third kappa shape index (κ3) is 10.0. The third-order valence-corrected chi connectivity index (χ3v) is 28.4. The number of para-hydroxylation sites is 6. The van der Waals surface area contributed by atoms with Crippen LogP contribution in [0.15, 0.2) is 388 Å². The third-order valence-electron chi connectivity index (χ3n) is 22.2. The summed E-state index contributed by atoms with van der Waals surface area (Å²) in [6, 6.07) is 135. The van der Waals surface area contributed by atoms with Crippen molar-refractivity contribution in [2.24, 2.45) is 0 Å². The Kier molecular flexibility index (Phi) is 14.7. The number of benzene rings is 18. The first-order chi connectivity index (χ1) is 53.3. The minimum Gasteiger partial charge on any atom is -0.309 e. The van der Waals surface area contributed by atoms with Crippen LogP contribution in [0.4, 0.5) is 0 Å². The van der Waals surface area contributed by atoms with Crippen LogP contribution in [-0.4, -0.2) is 18.8 Å². The van der Waals surface area contributed by atoms with Crippen LogP contribution < -0.4 is 31.8 Å². The topological polar surface area (TPSA) is 68.7 Å². The highest BCUT2D eigenvalue weighted by Gasteiger charge is 2.33. The van der Waals surface area contributed by atoms with E-state index in [0.29, 0.717) is 0 Å². The Morgan fingerprint density at radius 1 is 0.213 bits per heavy atom. The molecule has 0 aliphatic rings. The molecule has 8 heteroatoms. The van der Waals surface area contributed by atoms with Gasteiger partial charge in [-0.25, -0.2) is 9.97 Å². The quantitative estimate of drug-likeness (QED) is 0.101. The van der Waals surface area contributed by atoms with Crippen molar-refractivity contribution in [2.75, 3.05) is 0 Å². The molecule has 18 aromatic carbocycles. The van der Waals surface area contributed by atoms with Gasteiger partial charge in [0, 0.05) is 53.4 Å². The summed E-state index contributed by atoms with van der Waals surface area (Å²) >= 11 is 0. The van der Waals surface area contributed by atoms with Gasteiger partial charge in [0.25, 0.3) is 0 Å². The monoisotopic (exact) mass is 1410 g/mol. The molecule has 22 aromatic rings. The van der Waals surface area contributed by atoms with Gasteiger partial charge in [0.2, 0.25) is 0 Å². The van der Waals surface area contributed by atoms with E-state index in [9.17, 15) is 4.57 Å². The Bertz CT molecular complexity index is 7400. The van der Waals surface area contributed by atoms with E-state index in [-0.39, 0.29) is 0 Å². The molecular weight excluding hydrogens is 1350 g/mol. The SMILES string of the molecule is O=P(c1ccccc1)(c1ccccc1)c1ccc2cc(-c3cccc(-c4ccc5c(c4)c4ccccc4n4c6ccccc6nc54)c3)ccc2c1.O=P(c1ccccc1)(c1ccccc1)c1ccc2ccc3c(-c4ccc(-c5ccc6c(c5)c5ccccc5n5c7ccccc7nc65)cc4)ccc4ccc1c2c43. The lowest BCUT2D eigenvalue weighted by Crippen LogP contribution is -2.25. The number of rotatable bonds is 10. The highest BCUT2D eigenvalue weighted by atomic mass is 31.2. The smallest absolute Gasteiger partial charge is 0.171 e. The van der Waals surface area contributed by atoms with Gasteiger partial charge in [-0.3, -0.25) is 8.80 Å². The summed E-state index contributed by atoms with van der Waals surface area (Å²) in [6.45, 7) is 0. The molecule has 506 valence electrons. The van der Waals surface area contributed by atoms with Crippen LogP contribution >= 0.6 is 14.3 Å². The van der Waals surface area contributed by atoms with Crippen molar-refractivity contribution in [3.63, 3.8) is 0 Å². The second-order valence-corrected chi connectivity index (χ2v) is 33.7. The molecule has 0 bridgehead atoms. The van der Waals surface area contributed by atoms with Crippen LogP contribution in [0.1, 0.15) is 0 Å². The molecule has 4 aromatic heterocycles. The zero-order valence-electron chi connectivity index (χ0n) is 58.5. The zero-order chi connectivity index (χ0) is 71.6. The van der Waals surface area contributed by atoms with Crippen LogP contribution in [0.5, 0.6) is 0 Å². The number of aromatic nitrogens is 4. The minimum atomic E-state index is -3.19. The van der Waals surface area contributed by atoms with Crippen LogP contribution in [0.25, 0.3) is 164 Å². The van der Waals surface area contributed by atoms with Gasteiger partial charge in [0.1, 0.15) is 11.3 Å². The van der Waals surface area contributed by atoms with Gasteiger partial charge in [-0.05, 0) is 183 Å². The molecule has 4 heterocycles. The van der Waals surface area contributed by atoms with Crippen LogP contribution in [0.3, 0.4) is 0 Å². The predicted molar refractivity (Wildman–Crippen MR) is 457 cm³/mol. The summed E-state index contributed by atoms with van der Waals surface area (Å²) in [5, 5.41) is 21.3. The van der Waals surface area contributed by atoms with Crippen molar-refractivity contribution in [3.8, 4) is 44.5 Å². The number of hydrogen-bond acceptors (Lipinski definition) is 4. The lowest BCUT2D eigenvalue weighted by molar-refractivity contribution is 0.591. The average Bonchev–Trinajstić information content (AvgIpc) is 1.08. The zero-order valence-corrected chi connectivity index (χ0v) is 60.2. The Labute approximate surface area is 622 Å². The molecule has 108 heavy (non-hydrogen) atoms. The molecule has 0 saturated heterocycles. The summed E-state index contributed by atoms with van der Waals surface area (Å²) in [6.07, 6.45) is 0. The summed E-state index contributed by atoms with van der Waals surface area (Å²) in [5.41, 5.74) is 17.8. The minimum absolute atomic E-state index is 0.840. The van der Waals surface area contributed by atoms with Gasteiger partial charge in [-0.15, -0.1) is 0 Å². The molecule has 0 atom stereocenters. The highest BCUT2D eigenvalue weighted by Crippen LogP contribution is 2.49. The fourth-order valence-corrected chi connectivity index (χ4v) is 22.6. The van der Waals surface area contributed by atoms with Crippen LogP contribution in [0.2, 0.25) is 0 Å². The number of fused-ring (bicyclic) bond motifs is 17.